The van der Waals surface area contributed by atoms with Crippen molar-refractivity contribution in [1.82, 2.24) is 5.32 Å². The van der Waals surface area contributed by atoms with Crippen LogP contribution in [0.2, 0.25) is 0 Å². The normalized spacial score (nSPS) is 21.2. The van der Waals surface area contributed by atoms with Crippen molar-refractivity contribution in [3.05, 3.63) is 0 Å². The summed E-state index contributed by atoms with van der Waals surface area (Å²) < 4.78 is 0. The molecule has 1 rings (SSSR count). The summed E-state index contributed by atoms with van der Waals surface area (Å²) in [7, 11) is 0. The van der Waals surface area contributed by atoms with Crippen molar-refractivity contribution in [1.29, 1.82) is 0 Å². The number of carbonyl (C=O) groups is 2. The highest BCUT2D eigenvalue weighted by Gasteiger charge is 2.40. The maximum Gasteiger partial charge on any atom is 0.315 e. The second-order valence-corrected chi connectivity index (χ2v) is 3.61. The minimum atomic E-state index is -1.07. The highest BCUT2D eigenvalue weighted by atomic mass is 16.4. The second kappa shape index (κ2) is 2.77. The first-order valence-corrected chi connectivity index (χ1v) is 3.99. The van der Waals surface area contributed by atoms with Crippen molar-refractivity contribution in [2.45, 2.75) is 32.2 Å². The van der Waals surface area contributed by atoms with Crippen LogP contribution in [0.5, 0.6) is 0 Å². The number of carboxylic acids is 1. The van der Waals surface area contributed by atoms with Gasteiger partial charge >= 0.3 is 5.97 Å². The standard InChI is InChI=1S/C8H13NO3/c1-5(7(11)12)6(10)9-8(2)3-4-8/h5H,3-4H2,1-2H3,(H,9,10)(H,11,12). The highest BCUT2D eigenvalue weighted by Crippen LogP contribution is 2.34. The molecule has 1 atom stereocenters. The Balaban J connectivity index is 2.42. The molecule has 1 aliphatic rings. The monoisotopic (exact) mass is 171 g/mol. The van der Waals surface area contributed by atoms with Gasteiger partial charge in [0.2, 0.25) is 5.91 Å². The second-order valence-electron chi connectivity index (χ2n) is 3.61. The maximum atomic E-state index is 11.1. The molecule has 0 aromatic heterocycles. The van der Waals surface area contributed by atoms with E-state index < -0.39 is 11.9 Å². The lowest BCUT2D eigenvalue weighted by atomic mass is 10.1. The van der Waals surface area contributed by atoms with E-state index in [0.717, 1.165) is 12.8 Å². The summed E-state index contributed by atoms with van der Waals surface area (Å²) in [6.07, 6.45) is 1.90. The molecule has 1 amide bonds. The lowest BCUT2D eigenvalue weighted by Crippen LogP contribution is -2.40. The van der Waals surface area contributed by atoms with Crippen LogP contribution in [0.25, 0.3) is 0 Å². The van der Waals surface area contributed by atoms with Gasteiger partial charge in [-0.05, 0) is 26.7 Å². The Morgan fingerprint density at radius 3 is 2.33 bits per heavy atom. The molecule has 0 aromatic carbocycles. The average molecular weight is 171 g/mol. The third kappa shape index (κ3) is 1.96. The summed E-state index contributed by atoms with van der Waals surface area (Å²) in [4.78, 5) is 21.5. The molecule has 1 unspecified atom stereocenters. The fraction of sp³-hybridized carbons (Fsp3) is 0.750. The van der Waals surface area contributed by atoms with E-state index in [1.807, 2.05) is 6.92 Å². The number of hydrogen-bond donors (Lipinski definition) is 2. The summed E-state index contributed by atoms with van der Waals surface area (Å²) in [5, 5.41) is 11.2. The van der Waals surface area contributed by atoms with Gasteiger partial charge in [-0.2, -0.15) is 0 Å². The van der Waals surface area contributed by atoms with Crippen molar-refractivity contribution >= 4 is 11.9 Å². The van der Waals surface area contributed by atoms with Gasteiger partial charge in [0.1, 0.15) is 5.92 Å². The van der Waals surface area contributed by atoms with Crippen molar-refractivity contribution in [3.63, 3.8) is 0 Å². The number of rotatable bonds is 3. The lowest BCUT2D eigenvalue weighted by molar-refractivity contribution is -0.146. The zero-order chi connectivity index (χ0) is 9.35. The molecule has 0 spiro atoms. The Morgan fingerprint density at radius 1 is 1.50 bits per heavy atom. The van der Waals surface area contributed by atoms with Gasteiger partial charge in [0.05, 0.1) is 0 Å². The topological polar surface area (TPSA) is 66.4 Å². The van der Waals surface area contributed by atoms with Crippen LogP contribution in [0, 0.1) is 5.92 Å². The molecular weight excluding hydrogens is 158 g/mol. The largest absolute Gasteiger partial charge is 0.481 e. The number of nitrogens with one attached hydrogen (secondary N) is 1. The molecule has 0 radical (unpaired) electrons. The third-order valence-corrected chi connectivity index (χ3v) is 2.19. The van der Waals surface area contributed by atoms with Crippen LogP contribution >= 0.6 is 0 Å². The molecule has 0 aliphatic heterocycles. The zero-order valence-electron chi connectivity index (χ0n) is 7.26. The van der Waals surface area contributed by atoms with Gasteiger partial charge in [0.15, 0.2) is 0 Å². The maximum absolute atomic E-state index is 11.1. The first kappa shape index (κ1) is 9.03. The minimum absolute atomic E-state index is 0.124. The van der Waals surface area contributed by atoms with Crippen molar-refractivity contribution in [3.8, 4) is 0 Å². The molecule has 12 heavy (non-hydrogen) atoms. The number of aliphatic carboxylic acids is 1. The first-order valence-electron chi connectivity index (χ1n) is 3.99. The summed E-state index contributed by atoms with van der Waals surface area (Å²) >= 11 is 0. The summed E-state index contributed by atoms with van der Waals surface area (Å²) in [5.41, 5.74) is -0.124. The fourth-order valence-corrected chi connectivity index (χ4v) is 0.830. The van der Waals surface area contributed by atoms with Crippen LogP contribution in [0.4, 0.5) is 0 Å². The van der Waals surface area contributed by atoms with E-state index in [2.05, 4.69) is 5.32 Å². The van der Waals surface area contributed by atoms with Gasteiger partial charge in [-0.1, -0.05) is 0 Å². The average Bonchev–Trinajstić information content (AvgIpc) is 2.66. The molecule has 1 aliphatic carbocycles. The Kier molecular flexibility index (Phi) is 2.08. The smallest absolute Gasteiger partial charge is 0.315 e. The number of carbonyl (C=O) groups excluding carboxylic acids is 1. The Morgan fingerprint density at radius 2 is 2.00 bits per heavy atom. The predicted molar refractivity (Wildman–Crippen MR) is 42.6 cm³/mol. The molecule has 2 N–H and O–H groups in total. The Bertz CT molecular complexity index is 220. The summed E-state index contributed by atoms with van der Waals surface area (Å²) in [5.74, 6) is -2.40. The molecule has 4 heteroatoms. The van der Waals surface area contributed by atoms with Crippen LogP contribution in [0.1, 0.15) is 26.7 Å². The van der Waals surface area contributed by atoms with Crippen LogP contribution < -0.4 is 5.32 Å². The first-order chi connectivity index (χ1) is 5.44. The van der Waals surface area contributed by atoms with E-state index >= 15 is 0 Å². The van der Waals surface area contributed by atoms with E-state index in [0.29, 0.717) is 0 Å². The summed E-state index contributed by atoms with van der Waals surface area (Å²) in [6.45, 7) is 3.31. The van der Waals surface area contributed by atoms with Crippen molar-refractivity contribution in [2.75, 3.05) is 0 Å². The molecule has 1 saturated carbocycles. The Labute approximate surface area is 71.0 Å². The lowest BCUT2D eigenvalue weighted by Gasteiger charge is -2.13. The van der Waals surface area contributed by atoms with E-state index in [1.165, 1.54) is 6.92 Å². The zero-order valence-corrected chi connectivity index (χ0v) is 7.26. The van der Waals surface area contributed by atoms with Gasteiger partial charge in [-0.25, -0.2) is 0 Å². The quantitative estimate of drug-likeness (QED) is 0.603. The SMILES string of the molecule is CC(C(=O)O)C(=O)NC1(C)CC1. The molecule has 68 valence electrons. The van der Waals surface area contributed by atoms with Gasteiger partial charge in [-0.3, -0.25) is 9.59 Å². The Hall–Kier alpha value is -1.06. The van der Waals surface area contributed by atoms with Crippen molar-refractivity contribution < 1.29 is 14.7 Å². The van der Waals surface area contributed by atoms with Gasteiger partial charge in [0, 0.05) is 5.54 Å². The highest BCUT2D eigenvalue weighted by molar-refractivity contribution is 5.96. The molecule has 0 aromatic rings. The molecule has 1 fully saturated rings. The van der Waals surface area contributed by atoms with Gasteiger partial charge < -0.3 is 10.4 Å². The number of amides is 1. The molecular formula is C8H13NO3. The van der Waals surface area contributed by atoms with Crippen LogP contribution in [-0.4, -0.2) is 22.5 Å². The number of carboxylic acid groups (broad SMARTS) is 1. The van der Waals surface area contributed by atoms with Crippen LogP contribution in [0.15, 0.2) is 0 Å². The van der Waals surface area contributed by atoms with Gasteiger partial charge in [-0.15, -0.1) is 0 Å². The van der Waals surface area contributed by atoms with Gasteiger partial charge in [0.25, 0.3) is 0 Å². The predicted octanol–water partition coefficient (Wildman–Crippen LogP) is 0.376. The molecule has 0 bridgehead atoms. The molecule has 0 heterocycles. The van der Waals surface area contributed by atoms with E-state index in [4.69, 9.17) is 5.11 Å². The van der Waals surface area contributed by atoms with Crippen LogP contribution in [-0.2, 0) is 9.59 Å². The van der Waals surface area contributed by atoms with Crippen LogP contribution in [0.3, 0.4) is 0 Å². The summed E-state index contributed by atoms with van der Waals surface area (Å²) in [6, 6.07) is 0. The number of hydrogen-bond acceptors (Lipinski definition) is 2. The molecule has 4 nitrogen and oxygen atoms in total. The van der Waals surface area contributed by atoms with E-state index in [1.54, 1.807) is 0 Å². The van der Waals surface area contributed by atoms with E-state index in [9.17, 15) is 9.59 Å². The van der Waals surface area contributed by atoms with Crippen molar-refractivity contribution in [2.24, 2.45) is 5.92 Å². The van der Waals surface area contributed by atoms with E-state index in [-0.39, 0.29) is 11.4 Å². The minimum Gasteiger partial charge on any atom is -0.481 e. The molecule has 0 saturated heterocycles. The third-order valence-electron chi connectivity index (χ3n) is 2.19. The fourth-order valence-electron chi connectivity index (χ4n) is 0.830.